The fraction of sp³-hybridized carbons (Fsp3) is 0.632. The largest absolute Gasteiger partial charge is 0.342 e. The molecule has 1 N–H and O–H groups in total. The minimum Gasteiger partial charge on any atom is -0.342 e. The number of quaternary nitrogens is 1. The first kappa shape index (κ1) is 18.0. The van der Waals surface area contributed by atoms with Crippen molar-refractivity contribution < 1.29 is 9.69 Å². The molecule has 1 amide bonds. The molecule has 0 bridgehead atoms. The van der Waals surface area contributed by atoms with Crippen molar-refractivity contribution in [2.45, 2.75) is 39.2 Å². The second kappa shape index (κ2) is 8.07. The van der Waals surface area contributed by atoms with Crippen molar-refractivity contribution in [1.29, 1.82) is 0 Å². The smallest absolute Gasteiger partial charge is 0.226 e. The van der Waals surface area contributed by atoms with Gasteiger partial charge in [0.15, 0.2) is 0 Å². The summed E-state index contributed by atoms with van der Waals surface area (Å²) in [4.78, 5) is 16.4. The topological polar surface area (TPSA) is 24.8 Å². The maximum Gasteiger partial charge on any atom is 0.226 e. The Morgan fingerprint density at radius 2 is 1.96 bits per heavy atom. The van der Waals surface area contributed by atoms with Crippen LogP contribution in [0.4, 0.5) is 0 Å². The van der Waals surface area contributed by atoms with Crippen LogP contribution in [-0.2, 0) is 11.3 Å². The van der Waals surface area contributed by atoms with E-state index >= 15 is 0 Å². The normalized spacial score (nSPS) is 28.0. The molecule has 0 radical (unpaired) electrons. The van der Waals surface area contributed by atoms with Gasteiger partial charge in [-0.05, 0) is 30.9 Å². The van der Waals surface area contributed by atoms with Gasteiger partial charge in [0, 0.05) is 37.4 Å². The molecule has 1 aromatic rings. The van der Waals surface area contributed by atoms with Crippen LogP contribution in [-0.4, -0.2) is 37.0 Å². The molecule has 2 aliphatic rings. The van der Waals surface area contributed by atoms with Crippen molar-refractivity contribution in [3.63, 3.8) is 0 Å². The van der Waals surface area contributed by atoms with Gasteiger partial charge in [-0.25, -0.2) is 0 Å². The molecule has 0 saturated carbocycles. The quantitative estimate of drug-likeness (QED) is 0.869. The number of nitrogens with one attached hydrogen (secondary N) is 1. The second-order valence-electron chi connectivity index (χ2n) is 7.48. The van der Waals surface area contributed by atoms with E-state index in [2.05, 4.69) is 11.8 Å². The molecular weight excluding hydrogens is 343 g/mol. The van der Waals surface area contributed by atoms with Crippen LogP contribution in [0.5, 0.6) is 0 Å². The van der Waals surface area contributed by atoms with E-state index in [-0.39, 0.29) is 5.92 Å². The molecule has 0 unspecified atom stereocenters. The summed E-state index contributed by atoms with van der Waals surface area (Å²) in [6.07, 6.45) is 4.42. The van der Waals surface area contributed by atoms with Gasteiger partial charge in [0.1, 0.15) is 6.54 Å². The summed E-state index contributed by atoms with van der Waals surface area (Å²) in [5.41, 5.74) is 1.22. The zero-order chi connectivity index (χ0) is 17.1. The first-order valence-electron chi connectivity index (χ1n) is 9.09. The van der Waals surface area contributed by atoms with Crippen LogP contribution in [0, 0.1) is 11.8 Å². The van der Waals surface area contributed by atoms with Crippen LogP contribution < -0.4 is 4.90 Å². The predicted octanol–water partition coefficient (Wildman–Crippen LogP) is 3.05. The van der Waals surface area contributed by atoms with Crippen LogP contribution in [0.1, 0.15) is 38.2 Å². The average Bonchev–Trinajstić information content (AvgIpc) is 2.58. The summed E-state index contributed by atoms with van der Waals surface area (Å²) in [6, 6.07) is 5.88. The molecule has 2 aliphatic heterocycles. The van der Waals surface area contributed by atoms with Gasteiger partial charge in [0.25, 0.3) is 0 Å². The zero-order valence-electron chi connectivity index (χ0n) is 14.4. The average molecular weight is 370 g/mol. The predicted molar refractivity (Wildman–Crippen MR) is 98.6 cm³/mol. The van der Waals surface area contributed by atoms with Gasteiger partial charge in [-0.3, -0.25) is 4.79 Å². The van der Waals surface area contributed by atoms with E-state index in [9.17, 15) is 4.79 Å². The van der Waals surface area contributed by atoms with Crippen molar-refractivity contribution in [2.75, 3.05) is 26.2 Å². The van der Waals surface area contributed by atoms with Crippen molar-refractivity contribution in [1.82, 2.24) is 4.90 Å². The highest BCUT2D eigenvalue weighted by Gasteiger charge is 2.32. The minimum absolute atomic E-state index is 0.229. The van der Waals surface area contributed by atoms with Gasteiger partial charge in [-0.15, -0.1) is 0 Å². The lowest BCUT2D eigenvalue weighted by molar-refractivity contribution is -0.919. The third-order valence-corrected chi connectivity index (χ3v) is 6.19. The molecule has 0 aromatic heterocycles. The molecular formula is C19H27Cl2N2O+. The first-order chi connectivity index (χ1) is 11.5. The van der Waals surface area contributed by atoms with Crippen molar-refractivity contribution in [2.24, 2.45) is 11.8 Å². The van der Waals surface area contributed by atoms with E-state index in [4.69, 9.17) is 23.2 Å². The molecule has 3 nitrogen and oxygen atoms in total. The fourth-order valence-corrected chi connectivity index (χ4v) is 4.36. The Kier molecular flexibility index (Phi) is 6.07. The van der Waals surface area contributed by atoms with Crippen molar-refractivity contribution in [3.05, 3.63) is 33.8 Å². The Morgan fingerprint density at radius 1 is 1.21 bits per heavy atom. The summed E-state index contributed by atoms with van der Waals surface area (Å²) in [6.45, 7) is 7.23. The SMILES string of the molecule is C[C@@H]1CCCN(C(=O)C2CC[NH+](Cc3ccc(Cl)c(Cl)c3)CC2)C1. The molecule has 2 heterocycles. The van der Waals surface area contributed by atoms with E-state index in [0.29, 0.717) is 21.9 Å². The van der Waals surface area contributed by atoms with Crippen molar-refractivity contribution >= 4 is 29.1 Å². The summed E-state index contributed by atoms with van der Waals surface area (Å²) in [5.74, 6) is 1.28. The maximum absolute atomic E-state index is 12.7. The van der Waals surface area contributed by atoms with Crippen LogP contribution in [0.25, 0.3) is 0 Å². The highest BCUT2D eigenvalue weighted by atomic mass is 35.5. The highest BCUT2D eigenvalue weighted by Crippen LogP contribution is 2.23. The highest BCUT2D eigenvalue weighted by molar-refractivity contribution is 6.42. The number of rotatable bonds is 3. The molecule has 1 atom stereocenters. The lowest BCUT2D eigenvalue weighted by Gasteiger charge is -2.36. The second-order valence-corrected chi connectivity index (χ2v) is 8.30. The number of amides is 1. The Labute approximate surface area is 154 Å². The number of likely N-dealkylation sites (tertiary alicyclic amines) is 2. The molecule has 0 aliphatic carbocycles. The van der Waals surface area contributed by atoms with Gasteiger partial charge < -0.3 is 9.80 Å². The number of hydrogen-bond acceptors (Lipinski definition) is 1. The van der Waals surface area contributed by atoms with E-state index in [1.165, 1.54) is 16.9 Å². The Hall–Kier alpha value is -0.770. The number of halogens is 2. The molecule has 3 rings (SSSR count). The van der Waals surface area contributed by atoms with Crippen LogP contribution in [0.15, 0.2) is 18.2 Å². The van der Waals surface area contributed by atoms with Crippen LogP contribution >= 0.6 is 23.2 Å². The van der Waals surface area contributed by atoms with E-state index in [1.54, 1.807) is 0 Å². The summed E-state index contributed by atoms with van der Waals surface area (Å²) in [7, 11) is 0. The summed E-state index contributed by atoms with van der Waals surface area (Å²) < 4.78 is 0. The van der Waals surface area contributed by atoms with E-state index in [0.717, 1.165) is 52.0 Å². The molecule has 24 heavy (non-hydrogen) atoms. The Balaban J connectivity index is 1.50. The van der Waals surface area contributed by atoms with Crippen molar-refractivity contribution in [3.8, 4) is 0 Å². The third-order valence-electron chi connectivity index (χ3n) is 5.45. The molecule has 132 valence electrons. The number of hydrogen-bond donors (Lipinski definition) is 1. The number of carbonyl (C=O) groups is 1. The molecule has 2 fully saturated rings. The number of benzene rings is 1. The van der Waals surface area contributed by atoms with Gasteiger partial charge in [0.05, 0.1) is 23.1 Å². The third kappa shape index (κ3) is 4.44. The van der Waals surface area contributed by atoms with E-state index < -0.39 is 0 Å². The molecule has 5 heteroatoms. The van der Waals surface area contributed by atoms with E-state index in [1.807, 2.05) is 18.2 Å². The summed E-state index contributed by atoms with van der Waals surface area (Å²) in [5, 5.41) is 1.23. The molecule has 1 aromatic carbocycles. The number of nitrogens with zero attached hydrogens (tertiary/aromatic N) is 1. The summed E-state index contributed by atoms with van der Waals surface area (Å²) >= 11 is 12.1. The lowest BCUT2D eigenvalue weighted by Crippen LogP contribution is -3.11. The fourth-order valence-electron chi connectivity index (χ4n) is 4.04. The standard InChI is InChI=1S/C19H26Cl2N2O/c1-14-3-2-8-23(12-14)19(24)16-6-9-22(10-7-16)13-15-4-5-17(20)18(21)11-15/h4-5,11,14,16H,2-3,6-10,12-13H2,1H3/p+1/t14-/m1/s1. The first-order valence-corrected chi connectivity index (χ1v) is 9.85. The number of piperidine rings is 2. The number of carbonyl (C=O) groups excluding carboxylic acids is 1. The van der Waals surface area contributed by atoms with Crippen LogP contribution in [0.2, 0.25) is 10.0 Å². The van der Waals surface area contributed by atoms with Crippen LogP contribution in [0.3, 0.4) is 0 Å². The monoisotopic (exact) mass is 369 g/mol. The zero-order valence-corrected chi connectivity index (χ0v) is 15.9. The maximum atomic E-state index is 12.7. The van der Waals surface area contributed by atoms with Gasteiger partial charge in [-0.2, -0.15) is 0 Å². The van der Waals surface area contributed by atoms with Gasteiger partial charge in [-0.1, -0.05) is 36.2 Å². The minimum atomic E-state index is 0.229. The Bertz CT molecular complexity index is 585. The Morgan fingerprint density at radius 3 is 2.62 bits per heavy atom. The molecule has 0 spiro atoms. The molecule has 2 saturated heterocycles. The van der Waals surface area contributed by atoms with Gasteiger partial charge >= 0.3 is 0 Å². The lowest BCUT2D eigenvalue weighted by atomic mass is 9.92. The van der Waals surface area contributed by atoms with Gasteiger partial charge in [0.2, 0.25) is 5.91 Å².